The predicted octanol–water partition coefficient (Wildman–Crippen LogP) is 1.24. The van der Waals surface area contributed by atoms with E-state index in [1.54, 1.807) is 12.1 Å². The minimum Gasteiger partial charge on any atom is -0.449 e. The van der Waals surface area contributed by atoms with Gasteiger partial charge in [-0.15, -0.1) is 0 Å². The van der Waals surface area contributed by atoms with Crippen LogP contribution < -0.4 is 4.74 Å². The van der Waals surface area contributed by atoms with Crippen LogP contribution in [-0.2, 0) is 6.61 Å². The van der Waals surface area contributed by atoms with E-state index < -0.39 is 6.16 Å². The molecule has 0 aliphatic rings. The van der Waals surface area contributed by atoms with Gasteiger partial charge in [0.05, 0.1) is 6.61 Å². The number of carboxylic acid groups (broad SMARTS) is 1. The Kier molecular flexibility index (Phi) is 2.66. The van der Waals surface area contributed by atoms with Crippen LogP contribution in [0.1, 0.15) is 5.56 Å². The minimum atomic E-state index is -1.34. The first-order valence-electron chi connectivity index (χ1n) is 3.33. The maximum absolute atomic E-state index is 10.1. The van der Waals surface area contributed by atoms with Gasteiger partial charge in [-0.2, -0.15) is 0 Å². The summed E-state index contributed by atoms with van der Waals surface area (Å²) in [7, 11) is 0. The Hall–Kier alpha value is -1.55. The molecule has 0 spiro atoms. The molecule has 1 aromatic rings. The number of hydrogen-bond donors (Lipinski definition) is 2. The molecule has 0 unspecified atom stereocenters. The average Bonchev–Trinajstić information content (AvgIpc) is 2.05. The Morgan fingerprint density at radius 3 is 2.33 bits per heavy atom. The number of aliphatic hydroxyl groups is 1. The van der Waals surface area contributed by atoms with Gasteiger partial charge in [0.25, 0.3) is 0 Å². The van der Waals surface area contributed by atoms with Crippen molar-refractivity contribution in [3.05, 3.63) is 29.8 Å². The molecular formula is C8H8O4. The standard InChI is InChI=1S/C8H8O4/c9-5-6-1-3-7(4-2-6)12-8(10)11/h1-4,9H,5H2,(H,10,11). The lowest BCUT2D eigenvalue weighted by Crippen LogP contribution is -2.02. The second kappa shape index (κ2) is 3.73. The summed E-state index contributed by atoms with van der Waals surface area (Å²) in [5.41, 5.74) is 0.715. The van der Waals surface area contributed by atoms with Crippen molar-refractivity contribution >= 4 is 6.16 Å². The number of benzene rings is 1. The van der Waals surface area contributed by atoms with Crippen LogP contribution in [0.3, 0.4) is 0 Å². The smallest absolute Gasteiger partial charge is 0.449 e. The van der Waals surface area contributed by atoms with Crippen molar-refractivity contribution < 1.29 is 19.7 Å². The third-order valence-electron chi connectivity index (χ3n) is 1.31. The van der Waals surface area contributed by atoms with E-state index >= 15 is 0 Å². The molecule has 2 N–H and O–H groups in total. The van der Waals surface area contributed by atoms with E-state index in [1.165, 1.54) is 12.1 Å². The van der Waals surface area contributed by atoms with Gasteiger partial charge >= 0.3 is 6.16 Å². The molecule has 0 saturated carbocycles. The van der Waals surface area contributed by atoms with Crippen LogP contribution in [0.5, 0.6) is 5.75 Å². The van der Waals surface area contributed by atoms with Gasteiger partial charge in [0.15, 0.2) is 0 Å². The van der Waals surface area contributed by atoms with Crippen molar-refractivity contribution in [1.82, 2.24) is 0 Å². The first-order valence-corrected chi connectivity index (χ1v) is 3.33. The zero-order valence-corrected chi connectivity index (χ0v) is 6.23. The summed E-state index contributed by atoms with van der Waals surface area (Å²) >= 11 is 0. The lowest BCUT2D eigenvalue weighted by atomic mass is 10.2. The quantitative estimate of drug-likeness (QED) is 0.515. The monoisotopic (exact) mass is 168 g/mol. The Bertz CT molecular complexity index is 265. The van der Waals surface area contributed by atoms with Crippen LogP contribution in [0.4, 0.5) is 4.79 Å². The molecule has 0 amide bonds. The molecule has 0 heterocycles. The van der Waals surface area contributed by atoms with Crippen LogP contribution in [0.15, 0.2) is 24.3 Å². The highest BCUT2D eigenvalue weighted by atomic mass is 16.7. The zero-order chi connectivity index (χ0) is 8.97. The summed E-state index contributed by atoms with van der Waals surface area (Å²) in [4.78, 5) is 10.1. The fraction of sp³-hybridized carbons (Fsp3) is 0.125. The van der Waals surface area contributed by atoms with Crippen LogP contribution >= 0.6 is 0 Å². The van der Waals surface area contributed by atoms with Crippen LogP contribution in [0, 0.1) is 0 Å². The van der Waals surface area contributed by atoms with Crippen molar-refractivity contribution in [2.45, 2.75) is 6.61 Å². The summed E-state index contributed by atoms with van der Waals surface area (Å²) in [5.74, 6) is 0.250. The van der Waals surface area contributed by atoms with E-state index in [2.05, 4.69) is 4.74 Å². The Balaban J connectivity index is 2.71. The van der Waals surface area contributed by atoms with Gasteiger partial charge in [0, 0.05) is 0 Å². The van der Waals surface area contributed by atoms with Gasteiger partial charge in [0.2, 0.25) is 0 Å². The van der Waals surface area contributed by atoms with E-state index in [-0.39, 0.29) is 12.4 Å². The molecule has 12 heavy (non-hydrogen) atoms. The van der Waals surface area contributed by atoms with E-state index in [0.717, 1.165) is 0 Å². The molecule has 0 bridgehead atoms. The summed E-state index contributed by atoms with van der Waals surface area (Å²) in [5, 5.41) is 16.9. The van der Waals surface area contributed by atoms with Crippen molar-refractivity contribution in [1.29, 1.82) is 0 Å². The average molecular weight is 168 g/mol. The first-order chi connectivity index (χ1) is 5.72. The molecule has 0 aliphatic heterocycles. The van der Waals surface area contributed by atoms with Crippen molar-refractivity contribution in [3.63, 3.8) is 0 Å². The maximum atomic E-state index is 10.1. The molecule has 0 aromatic heterocycles. The summed E-state index contributed by atoms with van der Waals surface area (Å²) in [6.07, 6.45) is -1.34. The summed E-state index contributed by atoms with van der Waals surface area (Å²) in [6, 6.07) is 6.16. The SMILES string of the molecule is O=C(O)Oc1ccc(CO)cc1. The number of aliphatic hydroxyl groups excluding tert-OH is 1. The number of ether oxygens (including phenoxy) is 1. The van der Waals surface area contributed by atoms with Crippen molar-refractivity contribution in [2.75, 3.05) is 0 Å². The number of hydrogen-bond acceptors (Lipinski definition) is 3. The molecule has 0 saturated heterocycles. The zero-order valence-electron chi connectivity index (χ0n) is 6.23. The molecule has 64 valence electrons. The van der Waals surface area contributed by atoms with E-state index in [4.69, 9.17) is 10.2 Å². The molecule has 1 aromatic carbocycles. The Morgan fingerprint density at radius 2 is 1.92 bits per heavy atom. The minimum absolute atomic E-state index is 0.0622. The third kappa shape index (κ3) is 2.25. The molecule has 0 atom stereocenters. The van der Waals surface area contributed by atoms with Gasteiger partial charge in [-0.3, -0.25) is 0 Å². The Morgan fingerprint density at radius 1 is 1.33 bits per heavy atom. The highest BCUT2D eigenvalue weighted by Gasteiger charge is 1.99. The fourth-order valence-corrected chi connectivity index (χ4v) is 0.764. The molecule has 1 rings (SSSR count). The molecule has 4 heteroatoms. The highest BCUT2D eigenvalue weighted by Crippen LogP contribution is 2.11. The Labute approximate surface area is 69.0 Å². The van der Waals surface area contributed by atoms with Crippen LogP contribution in [-0.4, -0.2) is 16.4 Å². The summed E-state index contributed by atoms with van der Waals surface area (Å²) < 4.78 is 4.35. The molecule has 0 radical (unpaired) electrons. The topological polar surface area (TPSA) is 66.8 Å². The summed E-state index contributed by atoms with van der Waals surface area (Å²) in [6.45, 7) is -0.0622. The predicted molar refractivity (Wildman–Crippen MR) is 41.0 cm³/mol. The first kappa shape index (κ1) is 8.55. The fourth-order valence-electron chi connectivity index (χ4n) is 0.764. The largest absolute Gasteiger partial charge is 0.511 e. The van der Waals surface area contributed by atoms with Crippen LogP contribution in [0.2, 0.25) is 0 Å². The molecule has 0 fully saturated rings. The van der Waals surface area contributed by atoms with Gasteiger partial charge in [0.1, 0.15) is 5.75 Å². The van der Waals surface area contributed by atoms with E-state index in [1.807, 2.05) is 0 Å². The lowest BCUT2D eigenvalue weighted by molar-refractivity contribution is 0.144. The van der Waals surface area contributed by atoms with Gasteiger partial charge in [-0.05, 0) is 17.7 Å². The van der Waals surface area contributed by atoms with Gasteiger partial charge < -0.3 is 14.9 Å². The number of rotatable bonds is 2. The van der Waals surface area contributed by atoms with Crippen molar-refractivity contribution in [3.8, 4) is 5.75 Å². The van der Waals surface area contributed by atoms with Crippen molar-refractivity contribution in [2.24, 2.45) is 0 Å². The van der Waals surface area contributed by atoms with E-state index in [0.29, 0.717) is 5.56 Å². The lowest BCUT2D eigenvalue weighted by Gasteiger charge is -1.99. The maximum Gasteiger partial charge on any atom is 0.511 e. The normalized spacial score (nSPS) is 9.42. The van der Waals surface area contributed by atoms with E-state index in [9.17, 15) is 4.79 Å². The second-order valence-electron chi connectivity index (χ2n) is 2.17. The third-order valence-corrected chi connectivity index (χ3v) is 1.31. The molecular weight excluding hydrogens is 160 g/mol. The van der Waals surface area contributed by atoms with Gasteiger partial charge in [-0.1, -0.05) is 12.1 Å². The molecule has 0 aliphatic carbocycles. The van der Waals surface area contributed by atoms with Gasteiger partial charge in [-0.25, -0.2) is 4.79 Å². The van der Waals surface area contributed by atoms with Crippen LogP contribution in [0.25, 0.3) is 0 Å². The highest BCUT2D eigenvalue weighted by molar-refractivity contribution is 5.61. The number of carbonyl (C=O) groups is 1. The molecule has 4 nitrogen and oxygen atoms in total. The second-order valence-corrected chi connectivity index (χ2v) is 2.17.